The van der Waals surface area contributed by atoms with Crippen molar-refractivity contribution in [3.8, 4) is 10.6 Å². The quantitative estimate of drug-likeness (QED) is 0.268. The molecule has 3 heterocycles. The number of aromatic nitrogens is 4. The van der Waals surface area contributed by atoms with Gasteiger partial charge in [-0.15, -0.1) is 11.3 Å². The van der Waals surface area contributed by atoms with E-state index >= 15 is 0 Å². The largest absolute Gasteiger partial charge is 0.416 e. The number of thiazole rings is 1. The average Bonchev–Trinajstić information content (AvgIpc) is 3.56. The summed E-state index contributed by atoms with van der Waals surface area (Å²) in [5, 5.41) is 36.8. The summed E-state index contributed by atoms with van der Waals surface area (Å²) in [6.45, 7) is 0.796. The minimum Gasteiger partial charge on any atom is -0.396 e. The van der Waals surface area contributed by atoms with E-state index in [0.717, 1.165) is 35.9 Å². The highest BCUT2D eigenvalue weighted by Gasteiger charge is 2.42. The molecule has 38 heavy (non-hydrogen) atoms. The molecular formula is C24H29F3N6O4S. The average molecular weight is 555 g/mol. The monoisotopic (exact) mass is 554 g/mol. The predicted octanol–water partition coefficient (Wildman–Crippen LogP) is 2.84. The van der Waals surface area contributed by atoms with Crippen molar-refractivity contribution in [2.24, 2.45) is 5.92 Å². The van der Waals surface area contributed by atoms with Crippen LogP contribution in [0.5, 0.6) is 0 Å². The van der Waals surface area contributed by atoms with E-state index in [1.54, 1.807) is 13.1 Å². The van der Waals surface area contributed by atoms with E-state index in [1.807, 2.05) is 6.07 Å². The Morgan fingerprint density at radius 2 is 1.95 bits per heavy atom. The summed E-state index contributed by atoms with van der Waals surface area (Å²) in [6.07, 6.45) is -4.82. The zero-order valence-corrected chi connectivity index (χ0v) is 21.6. The molecule has 0 bridgehead atoms. The number of hydrogen-bond donors (Lipinski definition) is 5. The van der Waals surface area contributed by atoms with Gasteiger partial charge in [-0.3, -0.25) is 4.98 Å². The van der Waals surface area contributed by atoms with Crippen molar-refractivity contribution >= 4 is 33.3 Å². The number of alkyl halides is 3. The lowest BCUT2D eigenvalue weighted by atomic mass is 10.1. The molecule has 2 saturated carbocycles. The normalized spacial score (nSPS) is 24.6. The van der Waals surface area contributed by atoms with Gasteiger partial charge in [-0.2, -0.15) is 18.2 Å². The number of anilines is 2. The SMILES string of the molecule is CO[C@@H](CNc1nc(C)c(-c2nc3c(C4CC4)nccc3s2)c(N[C@@H]2C[C@H](CO)[C@@H](O)[C@H]2O)n1)C(F)(F)F. The lowest BCUT2D eigenvalue weighted by Gasteiger charge is -2.22. The van der Waals surface area contributed by atoms with Crippen LogP contribution in [-0.2, 0) is 4.74 Å². The van der Waals surface area contributed by atoms with Crippen molar-refractivity contribution in [3.63, 3.8) is 0 Å². The summed E-state index contributed by atoms with van der Waals surface area (Å²) in [4.78, 5) is 18.2. The fourth-order valence-corrected chi connectivity index (χ4v) is 5.86. The van der Waals surface area contributed by atoms with Crippen LogP contribution in [0.25, 0.3) is 20.8 Å². The van der Waals surface area contributed by atoms with E-state index in [1.165, 1.54) is 11.3 Å². The predicted molar refractivity (Wildman–Crippen MR) is 135 cm³/mol. The molecule has 5 atom stereocenters. The smallest absolute Gasteiger partial charge is 0.396 e. The Labute approximate surface area is 220 Å². The Morgan fingerprint density at radius 1 is 1.18 bits per heavy atom. The van der Waals surface area contributed by atoms with Crippen LogP contribution in [0.15, 0.2) is 12.3 Å². The number of pyridine rings is 1. The third-order valence-electron chi connectivity index (χ3n) is 7.06. The third-order valence-corrected chi connectivity index (χ3v) is 8.10. The molecule has 2 aliphatic rings. The Balaban J connectivity index is 1.53. The topological polar surface area (TPSA) is 146 Å². The van der Waals surface area contributed by atoms with Crippen LogP contribution in [0, 0.1) is 12.8 Å². The summed E-state index contributed by atoms with van der Waals surface area (Å²) < 4.78 is 45.0. The first kappa shape index (κ1) is 26.9. The van der Waals surface area contributed by atoms with Gasteiger partial charge in [-0.1, -0.05) is 0 Å². The van der Waals surface area contributed by atoms with E-state index in [-0.39, 0.29) is 24.8 Å². The summed E-state index contributed by atoms with van der Waals surface area (Å²) in [6, 6.07) is 1.22. The van der Waals surface area contributed by atoms with E-state index in [9.17, 15) is 28.5 Å². The highest BCUT2D eigenvalue weighted by Crippen LogP contribution is 2.44. The van der Waals surface area contributed by atoms with Gasteiger partial charge in [0.05, 0.1) is 40.3 Å². The molecule has 0 amide bonds. The van der Waals surface area contributed by atoms with Crippen LogP contribution < -0.4 is 10.6 Å². The molecule has 5 N–H and O–H groups in total. The number of ether oxygens (including phenoxy) is 1. The Morgan fingerprint density at radius 3 is 2.58 bits per heavy atom. The van der Waals surface area contributed by atoms with Gasteiger partial charge in [0.15, 0.2) is 6.10 Å². The van der Waals surface area contributed by atoms with E-state index in [0.29, 0.717) is 22.2 Å². The number of halogens is 3. The van der Waals surface area contributed by atoms with Crippen LogP contribution in [-0.4, -0.2) is 86.0 Å². The second-order valence-electron chi connectivity index (χ2n) is 9.75. The molecule has 0 aromatic carbocycles. The molecular weight excluding hydrogens is 525 g/mol. The molecule has 0 aliphatic heterocycles. The summed E-state index contributed by atoms with van der Waals surface area (Å²) in [5.74, 6) is 0.0301. The van der Waals surface area contributed by atoms with Crippen LogP contribution in [0.4, 0.5) is 24.9 Å². The van der Waals surface area contributed by atoms with Gasteiger partial charge < -0.3 is 30.7 Å². The number of aliphatic hydroxyl groups excluding tert-OH is 3. The van der Waals surface area contributed by atoms with E-state index < -0.39 is 43.0 Å². The fourth-order valence-electron chi connectivity index (χ4n) is 4.79. The minimum absolute atomic E-state index is 0.0618. The fraction of sp³-hybridized carbons (Fsp3) is 0.583. The van der Waals surface area contributed by atoms with Crippen LogP contribution >= 0.6 is 11.3 Å². The van der Waals surface area contributed by atoms with Gasteiger partial charge in [-0.25, -0.2) is 9.97 Å². The lowest BCUT2D eigenvalue weighted by Crippen LogP contribution is -2.37. The molecule has 2 aliphatic carbocycles. The van der Waals surface area contributed by atoms with Gasteiger partial charge in [0.1, 0.15) is 22.4 Å². The molecule has 3 aromatic heterocycles. The summed E-state index contributed by atoms with van der Waals surface area (Å²) in [5.41, 5.74) is 2.73. The van der Waals surface area contributed by atoms with E-state index in [2.05, 4.69) is 30.3 Å². The highest BCUT2D eigenvalue weighted by molar-refractivity contribution is 7.21. The Hall–Kier alpha value is -2.65. The van der Waals surface area contributed by atoms with Crippen LogP contribution in [0.2, 0.25) is 0 Å². The van der Waals surface area contributed by atoms with Crippen molar-refractivity contribution in [2.45, 2.75) is 62.6 Å². The minimum atomic E-state index is -4.57. The second kappa shape index (κ2) is 10.5. The number of nitrogens with zero attached hydrogens (tertiary/aromatic N) is 4. The first-order valence-electron chi connectivity index (χ1n) is 12.3. The van der Waals surface area contributed by atoms with Crippen LogP contribution in [0.1, 0.15) is 36.6 Å². The molecule has 3 aromatic rings. The molecule has 0 unspecified atom stereocenters. The number of aliphatic hydroxyl groups is 3. The van der Waals surface area contributed by atoms with Gasteiger partial charge in [0.25, 0.3) is 0 Å². The first-order valence-corrected chi connectivity index (χ1v) is 13.1. The molecule has 0 spiro atoms. The first-order chi connectivity index (χ1) is 18.1. The highest BCUT2D eigenvalue weighted by atomic mass is 32.1. The molecule has 206 valence electrons. The maximum Gasteiger partial charge on any atom is 0.416 e. The summed E-state index contributed by atoms with van der Waals surface area (Å²) >= 11 is 1.42. The lowest BCUT2D eigenvalue weighted by molar-refractivity contribution is -0.207. The van der Waals surface area contributed by atoms with Gasteiger partial charge >= 0.3 is 6.18 Å². The summed E-state index contributed by atoms with van der Waals surface area (Å²) in [7, 11) is 0.976. The molecule has 14 heteroatoms. The second-order valence-corrected chi connectivity index (χ2v) is 10.8. The van der Waals surface area contributed by atoms with Crippen molar-refractivity contribution in [2.75, 3.05) is 30.9 Å². The Kier molecular flexibility index (Phi) is 7.44. The zero-order valence-electron chi connectivity index (χ0n) is 20.7. The molecule has 5 rings (SSSR count). The zero-order chi connectivity index (χ0) is 27.2. The molecule has 2 fully saturated rings. The number of nitrogens with one attached hydrogen (secondary N) is 2. The van der Waals surface area contributed by atoms with Gasteiger partial charge in [0.2, 0.25) is 5.95 Å². The number of aryl methyl sites for hydroxylation is 1. The van der Waals surface area contributed by atoms with Crippen LogP contribution in [0.3, 0.4) is 0 Å². The van der Waals surface area contributed by atoms with Crippen molar-refractivity contribution < 1.29 is 33.2 Å². The molecule has 0 saturated heterocycles. The van der Waals surface area contributed by atoms with Crippen molar-refractivity contribution in [3.05, 3.63) is 23.7 Å². The number of hydrogen-bond acceptors (Lipinski definition) is 11. The maximum atomic E-state index is 13.2. The maximum absolute atomic E-state index is 13.2. The standard InChI is InChI=1S/C24H29F3N6O4S/c1-10-16(22-32-18-14(38-22)5-6-28-17(18)11-3-4-11)21(31-13-7-12(9-34)19(35)20(13)36)33-23(30-10)29-8-15(37-2)24(25,26)27/h5-6,11-13,15,19-20,34-36H,3-4,7-9H2,1-2H3,(H2,29,30,31,33)/t12-,13-,15+,19-,20+/m1/s1. The Bertz CT molecular complexity index is 1300. The van der Waals surface area contributed by atoms with E-state index in [4.69, 9.17) is 4.98 Å². The number of methoxy groups -OCH3 is 1. The van der Waals surface area contributed by atoms with Gasteiger partial charge in [0, 0.05) is 31.7 Å². The molecule has 0 radical (unpaired) electrons. The van der Waals surface area contributed by atoms with Gasteiger partial charge in [-0.05, 0) is 32.3 Å². The van der Waals surface area contributed by atoms with Crippen molar-refractivity contribution in [1.82, 2.24) is 19.9 Å². The number of fused-ring (bicyclic) bond motifs is 1. The third kappa shape index (κ3) is 5.27. The van der Waals surface area contributed by atoms with Crippen molar-refractivity contribution in [1.29, 1.82) is 0 Å². The number of rotatable bonds is 9. The molecule has 10 nitrogen and oxygen atoms in total.